The molecule has 0 amide bonds. The van der Waals surface area contributed by atoms with Crippen LogP contribution in [0.3, 0.4) is 0 Å². The zero-order valence-corrected chi connectivity index (χ0v) is 13.3. The zero-order chi connectivity index (χ0) is 18.4. The SMILES string of the molecule is CC1(C)Oc2cc(-c3ccc(OC(F)(F)F)cc3)ccc2C(=O)C1=O. The number of fused-ring (bicyclic) bond motifs is 1. The molecule has 0 saturated carbocycles. The molecule has 0 N–H and O–H groups in total. The molecule has 2 aromatic rings. The summed E-state index contributed by atoms with van der Waals surface area (Å²) in [5, 5.41) is 0. The fourth-order valence-electron chi connectivity index (χ4n) is 2.54. The largest absolute Gasteiger partial charge is 0.573 e. The summed E-state index contributed by atoms with van der Waals surface area (Å²) in [7, 11) is 0. The third kappa shape index (κ3) is 3.35. The van der Waals surface area contributed by atoms with E-state index in [-0.39, 0.29) is 17.1 Å². The van der Waals surface area contributed by atoms with Crippen molar-refractivity contribution in [3.05, 3.63) is 48.0 Å². The molecular formula is C18H13F3O4. The highest BCUT2D eigenvalue weighted by Crippen LogP contribution is 2.35. The predicted octanol–water partition coefficient (Wildman–Crippen LogP) is 4.18. The van der Waals surface area contributed by atoms with E-state index >= 15 is 0 Å². The highest BCUT2D eigenvalue weighted by Gasteiger charge is 2.41. The van der Waals surface area contributed by atoms with E-state index < -0.39 is 23.5 Å². The van der Waals surface area contributed by atoms with Gasteiger partial charge in [-0.1, -0.05) is 18.2 Å². The lowest BCUT2D eigenvalue weighted by Gasteiger charge is -2.30. The number of carbonyl (C=O) groups is 2. The number of alkyl halides is 3. The van der Waals surface area contributed by atoms with Crippen LogP contribution in [0.25, 0.3) is 11.1 Å². The first-order valence-electron chi connectivity index (χ1n) is 7.35. The molecule has 0 atom stereocenters. The van der Waals surface area contributed by atoms with Gasteiger partial charge in [-0.15, -0.1) is 13.2 Å². The van der Waals surface area contributed by atoms with Gasteiger partial charge < -0.3 is 9.47 Å². The van der Waals surface area contributed by atoms with Gasteiger partial charge in [0, 0.05) is 0 Å². The van der Waals surface area contributed by atoms with Crippen molar-refractivity contribution in [3.63, 3.8) is 0 Å². The minimum Gasteiger partial charge on any atom is -0.479 e. The lowest BCUT2D eigenvalue weighted by atomic mass is 9.90. The van der Waals surface area contributed by atoms with E-state index in [1.807, 2.05) is 0 Å². The molecule has 0 bridgehead atoms. The van der Waals surface area contributed by atoms with E-state index in [0.717, 1.165) is 0 Å². The van der Waals surface area contributed by atoms with Gasteiger partial charge in [0.1, 0.15) is 11.5 Å². The molecule has 1 aliphatic rings. The van der Waals surface area contributed by atoms with Crippen LogP contribution in [-0.2, 0) is 4.79 Å². The number of benzene rings is 2. The summed E-state index contributed by atoms with van der Waals surface area (Å²) >= 11 is 0. The quantitative estimate of drug-likeness (QED) is 0.763. The first kappa shape index (κ1) is 17.0. The Morgan fingerprint density at radius 1 is 0.960 bits per heavy atom. The molecule has 1 aliphatic heterocycles. The van der Waals surface area contributed by atoms with Crippen molar-refractivity contribution < 1.29 is 32.2 Å². The van der Waals surface area contributed by atoms with Gasteiger partial charge >= 0.3 is 6.36 Å². The highest BCUT2D eigenvalue weighted by molar-refractivity contribution is 6.47. The van der Waals surface area contributed by atoms with Crippen molar-refractivity contribution in [2.24, 2.45) is 0 Å². The van der Waals surface area contributed by atoms with Crippen LogP contribution in [0, 0.1) is 0 Å². The third-order valence-corrected chi connectivity index (χ3v) is 3.77. The van der Waals surface area contributed by atoms with E-state index in [1.54, 1.807) is 12.1 Å². The number of hydrogen-bond acceptors (Lipinski definition) is 4. The van der Waals surface area contributed by atoms with Crippen LogP contribution in [0.4, 0.5) is 13.2 Å². The number of ketones is 2. The number of halogens is 3. The van der Waals surface area contributed by atoms with Crippen LogP contribution < -0.4 is 9.47 Å². The Balaban J connectivity index is 1.93. The molecule has 2 aromatic carbocycles. The van der Waals surface area contributed by atoms with Crippen LogP contribution in [0.15, 0.2) is 42.5 Å². The van der Waals surface area contributed by atoms with Crippen molar-refractivity contribution in [1.29, 1.82) is 0 Å². The van der Waals surface area contributed by atoms with Gasteiger partial charge in [-0.05, 0) is 49.2 Å². The maximum absolute atomic E-state index is 12.2. The molecule has 0 fully saturated rings. The fourth-order valence-corrected chi connectivity index (χ4v) is 2.54. The van der Waals surface area contributed by atoms with Crippen LogP contribution in [0.2, 0.25) is 0 Å². The summed E-state index contributed by atoms with van der Waals surface area (Å²) in [4.78, 5) is 24.0. The maximum Gasteiger partial charge on any atom is 0.573 e. The van der Waals surface area contributed by atoms with E-state index in [1.165, 1.54) is 44.2 Å². The monoisotopic (exact) mass is 350 g/mol. The van der Waals surface area contributed by atoms with Crippen molar-refractivity contribution in [2.45, 2.75) is 25.8 Å². The van der Waals surface area contributed by atoms with Gasteiger partial charge in [-0.2, -0.15) is 0 Å². The molecule has 3 rings (SSSR count). The Labute approximate surface area is 141 Å². The average molecular weight is 350 g/mol. The third-order valence-electron chi connectivity index (χ3n) is 3.77. The minimum absolute atomic E-state index is 0.171. The summed E-state index contributed by atoms with van der Waals surface area (Å²) in [6.07, 6.45) is -4.75. The molecule has 130 valence electrons. The summed E-state index contributed by atoms with van der Waals surface area (Å²) in [6.45, 7) is 3.01. The molecule has 0 aromatic heterocycles. The van der Waals surface area contributed by atoms with Crippen LogP contribution in [-0.4, -0.2) is 23.5 Å². The first-order valence-corrected chi connectivity index (χ1v) is 7.35. The Bertz CT molecular complexity index is 852. The second-order valence-electron chi connectivity index (χ2n) is 6.05. The minimum atomic E-state index is -4.75. The summed E-state index contributed by atoms with van der Waals surface area (Å²) in [5.74, 6) is -1.30. The van der Waals surface area contributed by atoms with Gasteiger partial charge in [0.25, 0.3) is 0 Å². The average Bonchev–Trinajstić information content (AvgIpc) is 2.51. The summed E-state index contributed by atoms with van der Waals surface area (Å²) in [6, 6.07) is 9.98. The molecule has 0 spiro atoms. The normalized spacial score (nSPS) is 16.2. The van der Waals surface area contributed by atoms with Gasteiger partial charge in [0.15, 0.2) is 5.60 Å². The van der Waals surface area contributed by atoms with Crippen molar-refractivity contribution >= 4 is 11.6 Å². The fraction of sp³-hybridized carbons (Fsp3) is 0.222. The second kappa shape index (κ2) is 5.61. The van der Waals surface area contributed by atoms with Gasteiger partial charge in [0.05, 0.1) is 5.56 Å². The number of carbonyl (C=O) groups excluding carboxylic acids is 2. The highest BCUT2D eigenvalue weighted by atomic mass is 19.4. The lowest BCUT2D eigenvalue weighted by molar-refractivity contribution is -0.274. The molecule has 0 aliphatic carbocycles. The molecule has 0 saturated heterocycles. The van der Waals surface area contributed by atoms with E-state index in [4.69, 9.17) is 4.74 Å². The molecule has 25 heavy (non-hydrogen) atoms. The lowest BCUT2D eigenvalue weighted by Crippen LogP contribution is -2.46. The predicted molar refractivity (Wildman–Crippen MR) is 82.6 cm³/mol. The van der Waals surface area contributed by atoms with Crippen LogP contribution >= 0.6 is 0 Å². The van der Waals surface area contributed by atoms with Crippen LogP contribution in [0.5, 0.6) is 11.5 Å². The van der Waals surface area contributed by atoms with Crippen LogP contribution in [0.1, 0.15) is 24.2 Å². The smallest absolute Gasteiger partial charge is 0.479 e. The Kier molecular flexibility index (Phi) is 3.82. The first-order chi connectivity index (χ1) is 11.6. The molecule has 0 unspecified atom stereocenters. The Morgan fingerprint density at radius 3 is 2.16 bits per heavy atom. The molecular weight excluding hydrogens is 337 g/mol. The van der Waals surface area contributed by atoms with E-state index in [2.05, 4.69) is 4.74 Å². The number of ether oxygens (including phenoxy) is 2. The number of hydrogen-bond donors (Lipinski definition) is 0. The van der Waals surface area contributed by atoms with Gasteiger partial charge in [0.2, 0.25) is 11.6 Å². The number of Topliss-reactive ketones (excluding diaryl/α,β-unsaturated/α-hetero) is 2. The molecule has 0 radical (unpaired) electrons. The number of rotatable bonds is 2. The van der Waals surface area contributed by atoms with Crippen molar-refractivity contribution in [2.75, 3.05) is 0 Å². The topological polar surface area (TPSA) is 52.6 Å². The van der Waals surface area contributed by atoms with E-state index in [9.17, 15) is 22.8 Å². The van der Waals surface area contributed by atoms with Gasteiger partial charge in [-0.25, -0.2) is 0 Å². The zero-order valence-electron chi connectivity index (χ0n) is 13.3. The maximum atomic E-state index is 12.2. The molecule has 4 nitrogen and oxygen atoms in total. The molecule has 1 heterocycles. The van der Waals surface area contributed by atoms with Crippen molar-refractivity contribution in [3.8, 4) is 22.6 Å². The second-order valence-corrected chi connectivity index (χ2v) is 6.05. The standard InChI is InChI=1S/C18H13F3O4/c1-17(2)16(23)15(22)13-8-5-11(9-14(13)25-17)10-3-6-12(7-4-10)24-18(19,20)21/h3-9H,1-2H3. The molecule has 7 heteroatoms. The summed E-state index contributed by atoms with van der Waals surface area (Å²) in [5.41, 5.74) is 0.163. The van der Waals surface area contributed by atoms with Gasteiger partial charge in [-0.3, -0.25) is 9.59 Å². The van der Waals surface area contributed by atoms with E-state index in [0.29, 0.717) is 11.1 Å². The Hall–Kier alpha value is -2.83. The Morgan fingerprint density at radius 2 is 1.56 bits per heavy atom. The summed E-state index contributed by atoms with van der Waals surface area (Å²) < 4.78 is 46.0. The van der Waals surface area contributed by atoms with Crippen molar-refractivity contribution in [1.82, 2.24) is 0 Å².